The van der Waals surface area contributed by atoms with Crippen LogP contribution in [0.25, 0.3) is 0 Å². The normalized spacial score (nSPS) is 14.3. The minimum Gasteiger partial charge on any atom is -0.478 e. The Morgan fingerprint density at radius 1 is 1.58 bits per heavy atom. The molecule has 1 fully saturated rings. The smallest absolute Gasteiger partial charge is 0.337 e. The predicted octanol–water partition coefficient (Wildman–Crippen LogP) is 1.59. The van der Waals surface area contributed by atoms with E-state index in [1.807, 2.05) is 0 Å². The third kappa shape index (κ3) is 4.10. The van der Waals surface area contributed by atoms with E-state index in [9.17, 15) is 4.79 Å². The van der Waals surface area contributed by atoms with Crippen molar-refractivity contribution in [2.24, 2.45) is 5.92 Å². The summed E-state index contributed by atoms with van der Waals surface area (Å²) in [5.74, 6) is 0.148. The number of hydrogen-bond donors (Lipinski definition) is 3. The number of carboxylic acids is 1. The molecule has 19 heavy (non-hydrogen) atoms. The van der Waals surface area contributed by atoms with Crippen LogP contribution < -0.4 is 11.1 Å². The Kier molecular flexibility index (Phi) is 4.57. The quantitative estimate of drug-likeness (QED) is 0.617. The number of carbonyl (C=O) groups is 1. The minimum atomic E-state index is -1.05. The first-order valence-electron chi connectivity index (χ1n) is 6.48. The van der Waals surface area contributed by atoms with Gasteiger partial charge in [-0.05, 0) is 31.2 Å². The molecule has 6 heteroatoms. The van der Waals surface area contributed by atoms with Crippen molar-refractivity contribution in [1.82, 2.24) is 4.98 Å². The first-order valence-corrected chi connectivity index (χ1v) is 6.48. The highest BCUT2D eigenvalue weighted by Gasteiger charge is 2.20. The van der Waals surface area contributed by atoms with Gasteiger partial charge in [-0.15, -0.1) is 0 Å². The van der Waals surface area contributed by atoms with E-state index in [4.69, 9.17) is 15.6 Å². The summed E-state index contributed by atoms with van der Waals surface area (Å²) in [6, 6.07) is 1.39. The van der Waals surface area contributed by atoms with Crippen molar-refractivity contribution in [2.45, 2.75) is 19.3 Å². The van der Waals surface area contributed by atoms with Gasteiger partial charge in [0.25, 0.3) is 0 Å². The standard InChI is InChI=1S/C13H19N3O3/c14-11-10(13(17)18)4-6-16-12(11)15-5-1-7-19-8-9-2-3-9/h4,6,9H,1-3,5,7-8,14H2,(H,15,16)(H,17,18). The lowest BCUT2D eigenvalue weighted by molar-refractivity contribution is 0.0698. The van der Waals surface area contributed by atoms with Crippen molar-refractivity contribution in [3.63, 3.8) is 0 Å². The highest BCUT2D eigenvalue weighted by atomic mass is 16.5. The molecular formula is C13H19N3O3. The fourth-order valence-electron chi connectivity index (χ4n) is 1.72. The second-order valence-corrected chi connectivity index (χ2v) is 4.72. The lowest BCUT2D eigenvalue weighted by atomic mass is 10.2. The number of nitrogen functional groups attached to an aromatic ring is 1. The van der Waals surface area contributed by atoms with E-state index in [2.05, 4.69) is 10.3 Å². The molecule has 1 heterocycles. The van der Waals surface area contributed by atoms with Gasteiger partial charge in [0, 0.05) is 26.0 Å². The fourth-order valence-corrected chi connectivity index (χ4v) is 1.72. The Balaban J connectivity index is 1.72. The maximum absolute atomic E-state index is 10.9. The van der Waals surface area contributed by atoms with Crippen molar-refractivity contribution < 1.29 is 14.6 Å². The highest BCUT2D eigenvalue weighted by molar-refractivity contribution is 5.96. The molecule has 2 rings (SSSR count). The molecule has 0 amide bonds. The third-order valence-electron chi connectivity index (χ3n) is 3.03. The lowest BCUT2D eigenvalue weighted by Crippen LogP contribution is -2.12. The highest BCUT2D eigenvalue weighted by Crippen LogP contribution is 2.28. The summed E-state index contributed by atoms with van der Waals surface area (Å²) in [5.41, 5.74) is 5.98. The van der Waals surface area contributed by atoms with Gasteiger partial charge in [0.15, 0.2) is 0 Å². The zero-order chi connectivity index (χ0) is 13.7. The molecule has 0 radical (unpaired) electrons. The van der Waals surface area contributed by atoms with Gasteiger partial charge in [-0.3, -0.25) is 0 Å². The molecule has 0 unspecified atom stereocenters. The van der Waals surface area contributed by atoms with E-state index >= 15 is 0 Å². The Labute approximate surface area is 112 Å². The third-order valence-corrected chi connectivity index (χ3v) is 3.03. The Morgan fingerprint density at radius 2 is 2.37 bits per heavy atom. The Bertz CT molecular complexity index is 447. The van der Waals surface area contributed by atoms with Crippen LogP contribution in [0.15, 0.2) is 12.3 Å². The van der Waals surface area contributed by atoms with Gasteiger partial charge < -0.3 is 20.9 Å². The van der Waals surface area contributed by atoms with Crippen LogP contribution in [0.3, 0.4) is 0 Å². The number of pyridine rings is 1. The first kappa shape index (κ1) is 13.6. The fraction of sp³-hybridized carbons (Fsp3) is 0.538. The lowest BCUT2D eigenvalue weighted by Gasteiger charge is -2.10. The van der Waals surface area contributed by atoms with E-state index in [1.54, 1.807) is 0 Å². The van der Waals surface area contributed by atoms with Crippen LogP contribution in [0, 0.1) is 5.92 Å². The molecule has 0 saturated heterocycles. The minimum absolute atomic E-state index is 0.0717. The molecule has 0 aliphatic heterocycles. The van der Waals surface area contributed by atoms with Crippen LogP contribution in [0.5, 0.6) is 0 Å². The largest absolute Gasteiger partial charge is 0.478 e. The summed E-state index contributed by atoms with van der Waals surface area (Å²) in [4.78, 5) is 14.9. The van der Waals surface area contributed by atoms with Crippen LogP contribution in [-0.2, 0) is 4.74 Å². The monoisotopic (exact) mass is 265 g/mol. The average Bonchev–Trinajstić information content (AvgIpc) is 3.19. The second-order valence-electron chi connectivity index (χ2n) is 4.72. The maximum Gasteiger partial charge on any atom is 0.337 e. The number of nitrogens with one attached hydrogen (secondary N) is 1. The predicted molar refractivity (Wildman–Crippen MR) is 72.3 cm³/mol. The molecule has 0 spiro atoms. The van der Waals surface area contributed by atoms with E-state index in [0.717, 1.165) is 18.9 Å². The molecule has 1 aliphatic rings. The second kappa shape index (κ2) is 6.38. The van der Waals surface area contributed by atoms with Crippen molar-refractivity contribution in [2.75, 3.05) is 30.8 Å². The topological polar surface area (TPSA) is 97.5 Å². The first-order chi connectivity index (χ1) is 9.18. The van der Waals surface area contributed by atoms with Gasteiger partial charge in [-0.1, -0.05) is 0 Å². The molecule has 0 bridgehead atoms. The van der Waals surface area contributed by atoms with Crippen molar-refractivity contribution >= 4 is 17.5 Å². The number of ether oxygens (including phenoxy) is 1. The van der Waals surface area contributed by atoms with E-state index in [1.165, 1.54) is 25.1 Å². The van der Waals surface area contributed by atoms with Crippen LogP contribution in [-0.4, -0.2) is 35.8 Å². The number of aromatic carboxylic acids is 1. The average molecular weight is 265 g/mol. The van der Waals surface area contributed by atoms with Crippen molar-refractivity contribution in [3.05, 3.63) is 17.8 Å². The molecule has 1 aliphatic carbocycles. The Morgan fingerprint density at radius 3 is 3.05 bits per heavy atom. The van der Waals surface area contributed by atoms with Gasteiger partial charge in [0.2, 0.25) is 0 Å². The molecule has 6 nitrogen and oxygen atoms in total. The molecule has 1 aromatic heterocycles. The molecule has 1 aromatic rings. The van der Waals surface area contributed by atoms with E-state index in [0.29, 0.717) is 19.0 Å². The van der Waals surface area contributed by atoms with Gasteiger partial charge in [-0.25, -0.2) is 9.78 Å². The summed E-state index contributed by atoms with van der Waals surface area (Å²) in [6.45, 7) is 2.21. The van der Waals surface area contributed by atoms with E-state index < -0.39 is 5.97 Å². The molecule has 4 N–H and O–H groups in total. The summed E-state index contributed by atoms with van der Waals surface area (Å²) in [5, 5.41) is 12.0. The molecular weight excluding hydrogens is 246 g/mol. The zero-order valence-electron chi connectivity index (χ0n) is 10.8. The number of carboxylic acid groups (broad SMARTS) is 1. The number of rotatable bonds is 8. The maximum atomic E-state index is 10.9. The Hall–Kier alpha value is -1.82. The van der Waals surface area contributed by atoms with Gasteiger partial charge in [-0.2, -0.15) is 0 Å². The van der Waals surface area contributed by atoms with Crippen LogP contribution in [0.1, 0.15) is 29.6 Å². The summed E-state index contributed by atoms with van der Waals surface area (Å²) in [6.07, 6.45) is 4.86. The number of anilines is 2. The summed E-state index contributed by atoms with van der Waals surface area (Å²) < 4.78 is 5.50. The number of nitrogens with zero attached hydrogens (tertiary/aromatic N) is 1. The molecule has 0 aromatic carbocycles. The van der Waals surface area contributed by atoms with Gasteiger partial charge in [0.05, 0.1) is 11.3 Å². The van der Waals surface area contributed by atoms with Crippen molar-refractivity contribution in [3.8, 4) is 0 Å². The van der Waals surface area contributed by atoms with Gasteiger partial charge in [0.1, 0.15) is 5.82 Å². The summed E-state index contributed by atoms with van der Waals surface area (Å²) >= 11 is 0. The molecule has 0 atom stereocenters. The van der Waals surface area contributed by atoms with E-state index in [-0.39, 0.29) is 11.3 Å². The van der Waals surface area contributed by atoms with Gasteiger partial charge >= 0.3 is 5.97 Å². The zero-order valence-corrected chi connectivity index (χ0v) is 10.8. The number of aromatic nitrogens is 1. The molecule has 104 valence electrons. The number of nitrogens with two attached hydrogens (primary N) is 1. The number of hydrogen-bond acceptors (Lipinski definition) is 5. The summed E-state index contributed by atoms with van der Waals surface area (Å²) in [7, 11) is 0. The van der Waals surface area contributed by atoms with Crippen LogP contribution in [0.4, 0.5) is 11.5 Å². The molecule has 1 saturated carbocycles. The SMILES string of the molecule is Nc1c(C(=O)O)ccnc1NCCCOCC1CC1. The van der Waals surface area contributed by atoms with Crippen molar-refractivity contribution in [1.29, 1.82) is 0 Å². The van der Waals surface area contributed by atoms with Crippen LogP contribution in [0.2, 0.25) is 0 Å². The van der Waals surface area contributed by atoms with Crippen LogP contribution >= 0.6 is 0 Å².